The van der Waals surface area contributed by atoms with Gasteiger partial charge in [0.2, 0.25) is 0 Å². The number of rotatable bonds is 4. The lowest BCUT2D eigenvalue weighted by Gasteiger charge is -2.28. The van der Waals surface area contributed by atoms with Crippen molar-refractivity contribution < 1.29 is 0 Å². The molecular formula is C25H19Cl3N4. The third-order valence-corrected chi connectivity index (χ3v) is 6.19. The van der Waals surface area contributed by atoms with Crippen LogP contribution in [0.2, 0.25) is 15.1 Å². The molecular weight excluding hydrogens is 463 g/mol. The first-order valence-corrected chi connectivity index (χ1v) is 11.4. The van der Waals surface area contributed by atoms with E-state index >= 15 is 0 Å². The van der Waals surface area contributed by atoms with Crippen molar-refractivity contribution >= 4 is 34.8 Å². The predicted octanol–water partition coefficient (Wildman–Crippen LogP) is 6.72. The van der Waals surface area contributed by atoms with Crippen molar-refractivity contribution in [1.82, 2.24) is 19.9 Å². The molecule has 3 heterocycles. The van der Waals surface area contributed by atoms with Crippen LogP contribution in [-0.2, 0) is 19.5 Å². The molecule has 7 heteroatoms. The highest BCUT2D eigenvalue weighted by Crippen LogP contribution is 2.27. The Morgan fingerprint density at radius 3 is 2.28 bits per heavy atom. The fourth-order valence-electron chi connectivity index (χ4n) is 3.90. The number of nitrogens with zero attached hydrogens (tertiary/aromatic N) is 4. The van der Waals surface area contributed by atoms with E-state index in [1.54, 1.807) is 6.07 Å². The quantitative estimate of drug-likeness (QED) is 0.324. The summed E-state index contributed by atoms with van der Waals surface area (Å²) >= 11 is 18.2. The van der Waals surface area contributed by atoms with Crippen molar-refractivity contribution in [2.45, 2.75) is 19.5 Å². The Kier molecular flexibility index (Phi) is 6.11. The van der Waals surface area contributed by atoms with Crippen molar-refractivity contribution in [2.75, 3.05) is 6.54 Å². The van der Waals surface area contributed by atoms with E-state index in [1.165, 1.54) is 5.56 Å². The lowest BCUT2D eigenvalue weighted by atomic mass is 10.1. The topological polar surface area (TPSA) is 41.9 Å². The van der Waals surface area contributed by atoms with Crippen LogP contribution >= 0.6 is 34.8 Å². The summed E-state index contributed by atoms with van der Waals surface area (Å²) in [5.74, 6) is 0.745. The van der Waals surface area contributed by atoms with E-state index in [0.29, 0.717) is 15.1 Å². The molecule has 0 saturated heterocycles. The summed E-state index contributed by atoms with van der Waals surface area (Å²) in [4.78, 5) is 16.4. The highest BCUT2D eigenvalue weighted by molar-refractivity contribution is 6.35. The summed E-state index contributed by atoms with van der Waals surface area (Å²) in [7, 11) is 0. The molecule has 1 aliphatic heterocycles. The van der Waals surface area contributed by atoms with Gasteiger partial charge in [0.05, 0.1) is 11.4 Å². The van der Waals surface area contributed by atoms with Crippen molar-refractivity contribution in [2.24, 2.45) is 0 Å². The van der Waals surface area contributed by atoms with Crippen LogP contribution in [0.15, 0.2) is 67.0 Å². The molecule has 0 N–H and O–H groups in total. The Bertz CT molecular complexity index is 1240. The van der Waals surface area contributed by atoms with Gasteiger partial charge in [-0.1, -0.05) is 40.9 Å². The second-order valence-electron chi connectivity index (χ2n) is 7.84. The van der Waals surface area contributed by atoms with Crippen molar-refractivity contribution in [3.63, 3.8) is 0 Å². The molecule has 0 spiro atoms. The minimum atomic E-state index is 0.604. The number of aromatic nitrogens is 3. The van der Waals surface area contributed by atoms with Crippen LogP contribution in [0.5, 0.6) is 0 Å². The SMILES string of the molecule is Clc1ccc(-c2ncc3c(n2)CCN(Cc2ccc(-c4cc(Cl)cc(Cl)c4)nc2)C3)cc1. The molecule has 0 radical (unpaired) electrons. The average Bonchev–Trinajstić information content (AvgIpc) is 2.79. The zero-order chi connectivity index (χ0) is 22.1. The number of pyridine rings is 1. The normalized spacial score (nSPS) is 13.7. The molecule has 4 aromatic rings. The van der Waals surface area contributed by atoms with Crippen LogP contribution in [0, 0.1) is 0 Å². The van der Waals surface area contributed by atoms with E-state index in [9.17, 15) is 0 Å². The van der Waals surface area contributed by atoms with E-state index in [1.807, 2.05) is 54.9 Å². The molecule has 160 valence electrons. The summed E-state index contributed by atoms with van der Waals surface area (Å²) in [6.07, 6.45) is 4.76. The van der Waals surface area contributed by atoms with Gasteiger partial charge in [-0.2, -0.15) is 0 Å². The highest BCUT2D eigenvalue weighted by Gasteiger charge is 2.19. The average molecular weight is 482 g/mol. The molecule has 2 aromatic carbocycles. The zero-order valence-corrected chi connectivity index (χ0v) is 19.4. The minimum absolute atomic E-state index is 0.604. The second-order valence-corrected chi connectivity index (χ2v) is 9.15. The molecule has 0 saturated carbocycles. The van der Waals surface area contributed by atoms with Crippen LogP contribution in [-0.4, -0.2) is 26.4 Å². The monoisotopic (exact) mass is 480 g/mol. The third kappa shape index (κ3) is 4.79. The largest absolute Gasteiger partial charge is 0.294 e. The smallest absolute Gasteiger partial charge is 0.159 e. The highest BCUT2D eigenvalue weighted by atomic mass is 35.5. The van der Waals surface area contributed by atoms with Gasteiger partial charge >= 0.3 is 0 Å². The Labute approximate surface area is 201 Å². The summed E-state index contributed by atoms with van der Waals surface area (Å²) in [6.45, 7) is 2.58. The maximum Gasteiger partial charge on any atom is 0.159 e. The van der Waals surface area contributed by atoms with E-state index in [-0.39, 0.29) is 0 Å². The summed E-state index contributed by atoms with van der Waals surface area (Å²) in [5.41, 5.74) is 6.19. The van der Waals surface area contributed by atoms with Crippen LogP contribution in [0.1, 0.15) is 16.8 Å². The van der Waals surface area contributed by atoms with Gasteiger partial charge in [-0.3, -0.25) is 9.88 Å². The van der Waals surface area contributed by atoms with Gasteiger partial charge in [0, 0.05) is 70.2 Å². The van der Waals surface area contributed by atoms with E-state index in [0.717, 1.165) is 60.0 Å². The summed E-state index contributed by atoms with van der Waals surface area (Å²) in [6, 6.07) is 17.2. The van der Waals surface area contributed by atoms with Gasteiger partial charge in [0.25, 0.3) is 0 Å². The van der Waals surface area contributed by atoms with Gasteiger partial charge in [-0.15, -0.1) is 0 Å². The number of fused-ring (bicyclic) bond motifs is 1. The second kappa shape index (κ2) is 9.16. The van der Waals surface area contributed by atoms with Gasteiger partial charge in [0.1, 0.15) is 0 Å². The van der Waals surface area contributed by atoms with Crippen molar-refractivity contribution in [3.8, 4) is 22.6 Å². The van der Waals surface area contributed by atoms with Crippen molar-refractivity contribution in [1.29, 1.82) is 0 Å². The van der Waals surface area contributed by atoms with Gasteiger partial charge < -0.3 is 0 Å². The fourth-order valence-corrected chi connectivity index (χ4v) is 4.55. The molecule has 0 unspecified atom stereocenters. The van der Waals surface area contributed by atoms with Gasteiger partial charge in [-0.05, 0) is 54.1 Å². The van der Waals surface area contributed by atoms with Gasteiger partial charge in [0.15, 0.2) is 5.82 Å². The Morgan fingerprint density at radius 1 is 0.781 bits per heavy atom. The summed E-state index contributed by atoms with van der Waals surface area (Å²) in [5, 5.41) is 1.92. The van der Waals surface area contributed by atoms with Crippen LogP contribution < -0.4 is 0 Å². The first-order valence-electron chi connectivity index (χ1n) is 10.3. The zero-order valence-electron chi connectivity index (χ0n) is 17.1. The number of hydrogen-bond donors (Lipinski definition) is 0. The molecule has 0 atom stereocenters. The van der Waals surface area contributed by atoms with Crippen LogP contribution in [0.3, 0.4) is 0 Å². The van der Waals surface area contributed by atoms with E-state index < -0.39 is 0 Å². The molecule has 0 amide bonds. The maximum absolute atomic E-state index is 6.12. The summed E-state index contributed by atoms with van der Waals surface area (Å²) < 4.78 is 0. The van der Waals surface area contributed by atoms with E-state index in [2.05, 4.69) is 20.9 Å². The first-order chi connectivity index (χ1) is 15.5. The Morgan fingerprint density at radius 2 is 1.56 bits per heavy atom. The predicted molar refractivity (Wildman–Crippen MR) is 130 cm³/mol. The third-order valence-electron chi connectivity index (χ3n) is 5.50. The molecule has 1 aliphatic rings. The maximum atomic E-state index is 6.12. The molecule has 0 fully saturated rings. The molecule has 0 aliphatic carbocycles. The lowest BCUT2D eigenvalue weighted by molar-refractivity contribution is 0.242. The number of halogens is 3. The first kappa shape index (κ1) is 21.4. The van der Waals surface area contributed by atoms with Crippen LogP contribution in [0.25, 0.3) is 22.6 Å². The Hall–Kier alpha value is -2.50. The molecule has 0 bridgehead atoms. The van der Waals surface area contributed by atoms with Crippen molar-refractivity contribution in [3.05, 3.63) is 98.9 Å². The lowest BCUT2D eigenvalue weighted by Crippen LogP contribution is -2.31. The number of benzene rings is 2. The molecule has 5 rings (SSSR count). The number of hydrogen-bond acceptors (Lipinski definition) is 4. The molecule has 4 nitrogen and oxygen atoms in total. The molecule has 32 heavy (non-hydrogen) atoms. The van der Waals surface area contributed by atoms with Gasteiger partial charge in [-0.25, -0.2) is 9.97 Å². The fraction of sp³-hybridized carbons (Fsp3) is 0.160. The Balaban J connectivity index is 1.27. The minimum Gasteiger partial charge on any atom is -0.294 e. The van der Waals surface area contributed by atoms with Crippen LogP contribution in [0.4, 0.5) is 0 Å². The molecule has 2 aromatic heterocycles. The standard InChI is InChI=1S/C25H19Cl3N4/c26-20-4-2-17(3-5-20)25-30-13-19-15-32(8-7-24(19)31-25)14-16-1-6-23(29-12-16)18-9-21(27)11-22(28)10-18/h1-6,9-13H,7-8,14-15H2. The van der Waals surface area contributed by atoms with E-state index in [4.69, 9.17) is 39.8 Å².